The van der Waals surface area contributed by atoms with Gasteiger partial charge >= 0.3 is 0 Å². The lowest BCUT2D eigenvalue weighted by Gasteiger charge is -2.34. The lowest BCUT2D eigenvalue weighted by atomic mass is 10.2. The third-order valence-electron chi connectivity index (χ3n) is 4.24. The summed E-state index contributed by atoms with van der Waals surface area (Å²) in [6, 6.07) is 6.43. The zero-order chi connectivity index (χ0) is 18.7. The Morgan fingerprint density at radius 3 is 2.35 bits per heavy atom. The highest BCUT2D eigenvalue weighted by molar-refractivity contribution is 6.04. The number of rotatable bonds is 3. The minimum Gasteiger partial charge on any atom is -0.353 e. The number of amides is 2. The summed E-state index contributed by atoms with van der Waals surface area (Å²) in [6.07, 6.45) is 1.50. The average molecular weight is 360 g/mol. The summed E-state index contributed by atoms with van der Waals surface area (Å²) in [5.74, 6) is -1.81. The van der Waals surface area contributed by atoms with Crippen molar-refractivity contribution in [2.24, 2.45) is 0 Å². The standard InChI is InChI=1S/C18H18F2N4O2/c1-12(25)23-6-8-24(9-7-23)17-5-3-14(11-21-17)22-18(26)13-2-4-15(19)16(20)10-13/h2-5,10-11H,6-9H2,1H3,(H,22,26). The van der Waals surface area contributed by atoms with Gasteiger partial charge in [0.05, 0.1) is 11.9 Å². The summed E-state index contributed by atoms with van der Waals surface area (Å²) in [7, 11) is 0. The summed E-state index contributed by atoms with van der Waals surface area (Å²) >= 11 is 0. The van der Waals surface area contributed by atoms with Gasteiger partial charge in [0.25, 0.3) is 5.91 Å². The monoisotopic (exact) mass is 360 g/mol. The molecule has 0 saturated carbocycles. The number of benzene rings is 1. The number of carbonyl (C=O) groups excluding carboxylic acids is 2. The first kappa shape index (κ1) is 17.8. The summed E-state index contributed by atoms with van der Waals surface area (Å²) in [5.41, 5.74) is 0.471. The number of nitrogens with zero attached hydrogens (tertiary/aromatic N) is 3. The minimum absolute atomic E-state index is 0.0216. The maximum Gasteiger partial charge on any atom is 0.255 e. The van der Waals surface area contributed by atoms with Crippen molar-refractivity contribution in [3.8, 4) is 0 Å². The number of piperazine rings is 1. The fraction of sp³-hybridized carbons (Fsp3) is 0.278. The largest absolute Gasteiger partial charge is 0.353 e. The first-order valence-corrected chi connectivity index (χ1v) is 8.17. The van der Waals surface area contributed by atoms with E-state index in [0.717, 1.165) is 18.0 Å². The zero-order valence-corrected chi connectivity index (χ0v) is 14.2. The average Bonchev–Trinajstić information content (AvgIpc) is 2.64. The number of pyridine rings is 1. The fourth-order valence-corrected chi connectivity index (χ4v) is 2.74. The van der Waals surface area contributed by atoms with Crippen molar-refractivity contribution < 1.29 is 18.4 Å². The number of hydrogen-bond donors (Lipinski definition) is 1. The van der Waals surface area contributed by atoms with E-state index in [1.165, 1.54) is 12.3 Å². The predicted octanol–water partition coefficient (Wildman–Crippen LogP) is 2.28. The minimum atomic E-state index is -1.07. The predicted molar refractivity (Wildman–Crippen MR) is 93.0 cm³/mol. The number of hydrogen-bond acceptors (Lipinski definition) is 4. The third kappa shape index (κ3) is 3.96. The second kappa shape index (κ2) is 7.47. The van der Waals surface area contributed by atoms with Gasteiger partial charge in [-0.2, -0.15) is 0 Å². The van der Waals surface area contributed by atoms with E-state index in [1.54, 1.807) is 24.0 Å². The van der Waals surface area contributed by atoms with E-state index in [4.69, 9.17) is 0 Å². The first-order valence-electron chi connectivity index (χ1n) is 8.17. The van der Waals surface area contributed by atoms with Crippen LogP contribution in [-0.4, -0.2) is 47.9 Å². The Morgan fingerprint density at radius 2 is 1.77 bits per heavy atom. The first-order chi connectivity index (χ1) is 12.4. The van der Waals surface area contributed by atoms with Crippen LogP contribution in [0.5, 0.6) is 0 Å². The Hall–Kier alpha value is -3.03. The van der Waals surface area contributed by atoms with Crippen LogP contribution in [0.1, 0.15) is 17.3 Å². The van der Waals surface area contributed by atoms with Crippen LogP contribution in [0.25, 0.3) is 0 Å². The van der Waals surface area contributed by atoms with Gasteiger partial charge in [-0.25, -0.2) is 13.8 Å². The maximum atomic E-state index is 13.2. The lowest BCUT2D eigenvalue weighted by molar-refractivity contribution is -0.129. The van der Waals surface area contributed by atoms with Gasteiger partial charge in [-0.15, -0.1) is 0 Å². The molecule has 0 unspecified atom stereocenters. The molecule has 0 aliphatic carbocycles. The van der Waals surface area contributed by atoms with Crippen LogP contribution in [0.3, 0.4) is 0 Å². The van der Waals surface area contributed by atoms with Gasteiger partial charge in [-0.1, -0.05) is 0 Å². The van der Waals surface area contributed by atoms with E-state index < -0.39 is 17.5 Å². The van der Waals surface area contributed by atoms with Gasteiger partial charge < -0.3 is 15.1 Å². The molecule has 1 aliphatic heterocycles. The van der Waals surface area contributed by atoms with E-state index in [1.807, 2.05) is 0 Å². The highest BCUT2D eigenvalue weighted by Gasteiger charge is 2.19. The molecule has 0 atom stereocenters. The van der Waals surface area contributed by atoms with Gasteiger partial charge in [-0.3, -0.25) is 9.59 Å². The Labute approximate surface area is 149 Å². The molecule has 2 heterocycles. The normalized spacial score (nSPS) is 14.3. The molecule has 26 heavy (non-hydrogen) atoms. The quantitative estimate of drug-likeness (QED) is 0.912. The van der Waals surface area contributed by atoms with Crippen molar-refractivity contribution in [3.63, 3.8) is 0 Å². The van der Waals surface area contributed by atoms with Crippen LogP contribution in [0.2, 0.25) is 0 Å². The van der Waals surface area contributed by atoms with Crippen LogP contribution < -0.4 is 10.2 Å². The summed E-state index contributed by atoms with van der Waals surface area (Å²) in [6.45, 7) is 4.22. The molecule has 3 rings (SSSR count). The molecule has 1 fully saturated rings. The molecule has 6 nitrogen and oxygen atoms in total. The Morgan fingerprint density at radius 1 is 1.04 bits per heavy atom. The third-order valence-corrected chi connectivity index (χ3v) is 4.24. The van der Waals surface area contributed by atoms with Crippen LogP contribution in [0, 0.1) is 11.6 Å². The maximum absolute atomic E-state index is 13.2. The Balaban J connectivity index is 1.62. The number of anilines is 2. The molecule has 0 spiro atoms. The van der Waals surface area contributed by atoms with Crippen LogP contribution >= 0.6 is 0 Å². The van der Waals surface area contributed by atoms with Gasteiger partial charge in [0, 0.05) is 38.7 Å². The molecule has 1 aromatic carbocycles. The number of halogens is 2. The second-order valence-corrected chi connectivity index (χ2v) is 5.98. The molecule has 1 aliphatic rings. The smallest absolute Gasteiger partial charge is 0.255 e. The van der Waals surface area contributed by atoms with Gasteiger partial charge in [-0.05, 0) is 30.3 Å². The Bertz CT molecular complexity index is 818. The second-order valence-electron chi connectivity index (χ2n) is 5.98. The van der Waals surface area contributed by atoms with Crippen molar-refractivity contribution in [3.05, 3.63) is 53.7 Å². The van der Waals surface area contributed by atoms with Crippen LogP contribution in [0.15, 0.2) is 36.5 Å². The highest BCUT2D eigenvalue weighted by Crippen LogP contribution is 2.17. The van der Waals surface area contributed by atoms with Crippen molar-refractivity contribution in [1.29, 1.82) is 0 Å². The molecule has 136 valence electrons. The van der Waals surface area contributed by atoms with Crippen LogP contribution in [-0.2, 0) is 4.79 Å². The van der Waals surface area contributed by atoms with Crippen molar-refractivity contribution in [2.45, 2.75) is 6.92 Å². The van der Waals surface area contributed by atoms with E-state index in [2.05, 4.69) is 15.2 Å². The molecule has 0 radical (unpaired) electrons. The summed E-state index contributed by atoms with van der Waals surface area (Å²) in [5, 5.41) is 2.60. The number of nitrogens with one attached hydrogen (secondary N) is 1. The van der Waals surface area contributed by atoms with Gasteiger partial charge in [0.15, 0.2) is 11.6 Å². The molecule has 1 saturated heterocycles. The van der Waals surface area contributed by atoms with Crippen molar-refractivity contribution >= 4 is 23.3 Å². The van der Waals surface area contributed by atoms with Crippen molar-refractivity contribution in [2.75, 3.05) is 36.4 Å². The number of aromatic nitrogens is 1. The number of carbonyl (C=O) groups is 2. The molecular formula is C18H18F2N4O2. The molecule has 2 amide bonds. The van der Waals surface area contributed by atoms with E-state index >= 15 is 0 Å². The summed E-state index contributed by atoms with van der Waals surface area (Å²) in [4.78, 5) is 31.6. The van der Waals surface area contributed by atoms with E-state index in [0.29, 0.717) is 31.9 Å². The van der Waals surface area contributed by atoms with E-state index in [-0.39, 0.29) is 11.5 Å². The molecule has 1 aromatic heterocycles. The van der Waals surface area contributed by atoms with Crippen LogP contribution in [0.4, 0.5) is 20.3 Å². The Kier molecular flexibility index (Phi) is 5.11. The lowest BCUT2D eigenvalue weighted by Crippen LogP contribution is -2.48. The molecule has 1 N–H and O–H groups in total. The van der Waals surface area contributed by atoms with Gasteiger partial charge in [0.1, 0.15) is 5.82 Å². The molecule has 8 heteroatoms. The van der Waals surface area contributed by atoms with Crippen molar-refractivity contribution in [1.82, 2.24) is 9.88 Å². The van der Waals surface area contributed by atoms with E-state index in [9.17, 15) is 18.4 Å². The summed E-state index contributed by atoms with van der Waals surface area (Å²) < 4.78 is 26.2. The van der Waals surface area contributed by atoms with Gasteiger partial charge in [0.2, 0.25) is 5.91 Å². The highest BCUT2D eigenvalue weighted by atomic mass is 19.2. The topological polar surface area (TPSA) is 65.5 Å². The fourth-order valence-electron chi connectivity index (χ4n) is 2.74. The SMILES string of the molecule is CC(=O)N1CCN(c2ccc(NC(=O)c3ccc(F)c(F)c3)cn2)CC1. The molecule has 0 bridgehead atoms. The zero-order valence-electron chi connectivity index (χ0n) is 14.2. The molecular weight excluding hydrogens is 342 g/mol. The molecule has 2 aromatic rings.